The molecule has 3 fully saturated rings. The van der Waals surface area contributed by atoms with Crippen molar-refractivity contribution in [3.05, 3.63) is 17.7 Å². The molecule has 0 aliphatic heterocycles. The van der Waals surface area contributed by atoms with E-state index in [-0.39, 0.29) is 41.0 Å². The van der Waals surface area contributed by atoms with Crippen LogP contribution in [0.25, 0.3) is 0 Å². The number of carbonyl (C=O) groups is 1. The number of imidazole rings is 1. The average Bonchev–Trinajstić information content (AvgIpc) is 3.06. The lowest BCUT2D eigenvalue weighted by Gasteiger charge is -2.44. The van der Waals surface area contributed by atoms with Crippen molar-refractivity contribution in [3.8, 4) is 0 Å². The van der Waals surface area contributed by atoms with Gasteiger partial charge in [-0.2, -0.15) is 13.2 Å². The number of alkyl halides is 3. The second-order valence-electron chi connectivity index (χ2n) is 8.23. The van der Waals surface area contributed by atoms with Crippen LogP contribution in [0.2, 0.25) is 0 Å². The van der Waals surface area contributed by atoms with Crippen molar-refractivity contribution < 1.29 is 18.0 Å². The Morgan fingerprint density at radius 1 is 1.38 bits per heavy atom. The van der Waals surface area contributed by atoms with Crippen LogP contribution in [0.4, 0.5) is 13.2 Å². The van der Waals surface area contributed by atoms with E-state index >= 15 is 0 Å². The summed E-state index contributed by atoms with van der Waals surface area (Å²) in [6, 6.07) is -0.0822. The maximum Gasteiger partial charge on any atom is 0.434 e. The van der Waals surface area contributed by atoms with E-state index in [0.717, 1.165) is 12.6 Å². The van der Waals surface area contributed by atoms with Crippen LogP contribution in [0.1, 0.15) is 57.6 Å². The first-order valence-corrected chi connectivity index (χ1v) is 8.47. The molecule has 0 bridgehead atoms. The summed E-state index contributed by atoms with van der Waals surface area (Å²) in [5, 5.41) is 0. The van der Waals surface area contributed by atoms with Crippen molar-refractivity contribution in [2.45, 2.75) is 52.3 Å². The Balaban J connectivity index is 1.62. The third-order valence-corrected chi connectivity index (χ3v) is 6.83. The molecule has 1 aromatic rings. The fraction of sp³-hybridized carbons (Fsp3) is 0.765. The summed E-state index contributed by atoms with van der Waals surface area (Å²) in [5.74, 6) is 0.961. The summed E-state index contributed by atoms with van der Waals surface area (Å²) in [4.78, 5) is 15.9. The van der Waals surface area contributed by atoms with Gasteiger partial charge in [0.1, 0.15) is 5.82 Å². The zero-order valence-corrected chi connectivity index (χ0v) is 14.2. The Labute approximate surface area is 138 Å². The number of rotatable bonds is 4. The normalized spacial score (nSPS) is 39.5. The Morgan fingerprint density at radius 3 is 2.38 bits per heavy atom. The first-order chi connectivity index (χ1) is 11.0. The predicted octanol–water partition coefficient (Wildman–Crippen LogP) is 3.34. The molecule has 0 saturated heterocycles. The third kappa shape index (κ3) is 1.48. The lowest BCUT2D eigenvalue weighted by molar-refractivity contribution is -0.141. The van der Waals surface area contributed by atoms with E-state index in [4.69, 9.17) is 5.73 Å². The molecule has 4 rings (SSSR count). The van der Waals surface area contributed by atoms with Crippen LogP contribution in [0.5, 0.6) is 0 Å². The monoisotopic (exact) mass is 341 g/mol. The number of amides is 1. The number of nitrogens with zero attached hydrogens (tertiary/aromatic N) is 2. The van der Waals surface area contributed by atoms with E-state index in [0.29, 0.717) is 5.82 Å². The molecule has 4 unspecified atom stereocenters. The lowest BCUT2D eigenvalue weighted by atomic mass is 9.59. The topological polar surface area (TPSA) is 60.9 Å². The van der Waals surface area contributed by atoms with Crippen molar-refractivity contribution in [3.63, 3.8) is 0 Å². The van der Waals surface area contributed by atoms with Crippen LogP contribution in [0.3, 0.4) is 0 Å². The molecule has 3 saturated carbocycles. The number of primary amides is 1. The van der Waals surface area contributed by atoms with Gasteiger partial charge in [0.05, 0.1) is 5.41 Å². The van der Waals surface area contributed by atoms with Crippen molar-refractivity contribution in [2.24, 2.45) is 34.3 Å². The highest BCUT2D eigenvalue weighted by atomic mass is 19.4. The molecule has 7 heteroatoms. The number of hydrogen-bond acceptors (Lipinski definition) is 2. The third-order valence-electron chi connectivity index (χ3n) is 6.83. The van der Waals surface area contributed by atoms with Crippen molar-refractivity contribution in [1.29, 1.82) is 0 Å². The lowest BCUT2D eigenvalue weighted by Crippen LogP contribution is -2.47. The SMILES string of the molecule is CC(C)n1cc(C(F)(F)F)nc1C1C[C@@]23C1C2C3(C(N)=O)C(C)C. The number of fused-ring (bicyclic) bond motifs is 1. The smallest absolute Gasteiger partial charge is 0.369 e. The van der Waals surface area contributed by atoms with Gasteiger partial charge in [-0.1, -0.05) is 13.8 Å². The van der Waals surface area contributed by atoms with Crippen molar-refractivity contribution in [2.75, 3.05) is 0 Å². The van der Waals surface area contributed by atoms with E-state index in [9.17, 15) is 18.0 Å². The van der Waals surface area contributed by atoms with E-state index in [1.807, 2.05) is 27.7 Å². The van der Waals surface area contributed by atoms with Crippen LogP contribution in [-0.4, -0.2) is 15.5 Å². The molecule has 3 aliphatic carbocycles. The first-order valence-electron chi connectivity index (χ1n) is 8.47. The highest BCUT2D eigenvalue weighted by molar-refractivity contribution is 5.91. The summed E-state index contributed by atoms with van der Waals surface area (Å²) in [7, 11) is 0. The fourth-order valence-corrected chi connectivity index (χ4v) is 5.95. The number of aromatic nitrogens is 2. The summed E-state index contributed by atoms with van der Waals surface area (Å²) < 4.78 is 40.7. The molecule has 0 radical (unpaired) electrons. The van der Waals surface area contributed by atoms with Gasteiger partial charge in [0.15, 0.2) is 5.69 Å². The summed E-state index contributed by atoms with van der Waals surface area (Å²) in [6.45, 7) is 7.73. The zero-order valence-electron chi connectivity index (χ0n) is 14.2. The number of halogens is 3. The van der Waals surface area contributed by atoms with Gasteiger partial charge < -0.3 is 10.3 Å². The Bertz CT molecular complexity index is 738. The van der Waals surface area contributed by atoms with Gasteiger partial charge in [0, 0.05) is 18.2 Å². The standard InChI is InChI=1S/C17H22F3N3O/c1-7(2)16(14(21)24)12-11-9(5-15(11,12)16)13-22-10(17(18,19)20)6-23(13)8(3)4/h6-9,11-12H,5H2,1-4H3,(H2,21,24)/t9?,11?,12?,15-,16?/m1/s1. The maximum atomic E-state index is 13.0. The van der Waals surface area contributed by atoms with E-state index in [1.54, 1.807) is 4.57 Å². The van der Waals surface area contributed by atoms with Crippen molar-refractivity contribution >= 4 is 5.91 Å². The van der Waals surface area contributed by atoms with Gasteiger partial charge in [-0.3, -0.25) is 4.79 Å². The van der Waals surface area contributed by atoms with Gasteiger partial charge in [0.25, 0.3) is 0 Å². The van der Waals surface area contributed by atoms with Gasteiger partial charge in [-0.15, -0.1) is 0 Å². The molecule has 2 N–H and O–H groups in total. The molecule has 132 valence electrons. The predicted molar refractivity (Wildman–Crippen MR) is 80.9 cm³/mol. The molecule has 4 nitrogen and oxygen atoms in total. The van der Waals surface area contributed by atoms with Gasteiger partial charge >= 0.3 is 6.18 Å². The minimum atomic E-state index is -4.43. The van der Waals surface area contributed by atoms with E-state index in [2.05, 4.69) is 4.98 Å². The quantitative estimate of drug-likeness (QED) is 0.913. The number of hydrogen-bond donors (Lipinski definition) is 1. The van der Waals surface area contributed by atoms with E-state index < -0.39 is 17.3 Å². The zero-order chi connectivity index (χ0) is 17.8. The Kier molecular flexibility index (Phi) is 2.77. The largest absolute Gasteiger partial charge is 0.434 e. The summed E-state index contributed by atoms with van der Waals surface area (Å²) in [6.07, 6.45) is -2.59. The van der Waals surface area contributed by atoms with Crippen molar-refractivity contribution in [1.82, 2.24) is 9.55 Å². The molecule has 24 heavy (non-hydrogen) atoms. The van der Waals surface area contributed by atoms with Crippen LogP contribution in [0, 0.1) is 28.6 Å². The molecular weight excluding hydrogens is 319 g/mol. The van der Waals surface area contributed by atoms with Gasteiger partial charge in [0.2, 0.25) is 5.91 Å². The van der Waals surface area contributed by atoms with Crippen LogP contribution in [0.15, 0.2) is 6.20 Å². The molecular formula is C17H22F3N3O. The number of nitrogens with two attached hydrogens (primary N) is 1. The summed E-state index contributed by atoms with van der Waals surface area (Å²) >= 11 is 0. The minimum absolute atomic E-state index is 0.0136. The fourth-order valence-electron chi connectivity index (χ4n) is 5.95. The van der Waals surface area contributed by atoms with Gasteiger partial charge in [-0.25, -0.2) is 4.98 Å². The average molecular weight is 341 g/mol. The molecule has 1 spiro atoms. The molecule has 3 aliphatic rings. The second kappa shape index (κ2) is 4.17. The molecule has 5 atom stereocenters. The molecule has 1 heterocycles. The Morgan fingerprint density at radius 2 is 2.00 bits per heavy atom. The molecule has 1 amide bonds. The second-order valence-corrected chi connectivity index (χ2v) is 8.23. The summed E-state index contributed by atoms with van der Waals surface area (Å²) in [5.41, 5.74) is 4.34. The molecule has 0 aromatic carbocycles. The van der Waals surface area contributed by atoms with Crippen LogP contribution in [-0.2, 0) is 11.0 Å². The van der Waals surface area contributed by atoms with E-state index in [1.165, 1.54) is 0 Å². The van der Waals surface area contributed by atoms with Crippen LogP contribution < -0.4 is 5.73 Å². The maximum absolute atomic E-state index is 13.0. The molecule has 1 aromatic heterocycles. The minimum Gasteiger partial charge on any atom is -0.369 e. The number of carbonyl (C=O) groups excluding carboxylic acids is 1. The highest BCUT2D eigenvalue weighted by Crippen LogP contribution is 3.03. The highest BCUT2D eigenvalue weighted by Gasteiger charge is 3.03. The first kappa shape index (κ1) is 16.0. The Hall–Kier alpha value is -1.53. The van der Waals surface area contributed by atoms with Gasteiger partial charge in [-0.05, 0) is 43.4 Å². The van der Waals surface area contributed by atoms with Crippen LogP contribution >= 0.6 is 0 Å².